The standard InChI is InChI=1S/C19H18N4O3/c1-23-17(24)10-15(18(22-23)19(20)25)16-7-6-13(11-21-16)8-12-4-3-5-14(9-12)26-2/h3-7,9-11H,8H2,1-2H3,(H2,20,25). The summed E-state index contributed by atoms with van der Waals surface area (Å²) in [5, 5.41) is 3.93. The number of aromatic nitrogens is 3. The van der Waals surface area contributed by atoms with Crippen molar-refractivity contribution in [2.75, 3.05) is 7.11 Å². The first kappa shape index (κ1) is 17.3. The molecule has 0 unspecified atom stereocenters. The van der Waals surface area contributed by atoms with Crippen LogP contribution in [-0.2, 0) is 13.5 Å². The first-order chi connectivity index (χ1) is 12.5. The largest absolute Gasteiger partial charge is 0.497 e. The fourth-order valence-corrected chi connectivity index (χ4v) is 2.62. The number of carbonyl (C=O) groups is 1. The molecule has 1 amide bonds. The highest BCUT2D eigenvalue weighted by molar-refractivity contribution is 5.97. The van der Waals surface area contributed by atoms with Gasteiger partial charge in [0.1, 0.15) is 5.75 Å². The molecule has 0 atom stereocenters. The number of primary amides is 1. The van der Waals surface area contributed by atoms with Gasteiger partial charge < -0.3 is 10.5 Å². The fraction of sp³-hybridized carbons (Fsp3) is 0.158. The topological polar surface area (TPSA) is 100 Å². The van der Waals surface area contributed by atoms with E-state index in [0.29, 0.717) is 17.7 Å². The maximum Gasteiger partial charge on any atom is 0.269 e. The Morgan fingerprint density at radius 3 is 2.65 bits per heavy atom. The molecule has 0 spiro atoms. The van der Waals surface area contributed by atoms with Gasteiger partial charge in [-0.05, 0) is 35.7 Å². The van der Waals surface area contributed by atoms with Crippen LogP contribution in [0.3, 0.4) is 0 Å². The van der Waals surface area contributed by atoms with Gasteiger partial charge in [0, 0.05) is 24.9 Å². The average Bonchev–Trinajstić information content (AvgIpc) is 2.64. The lowest BCUT2D eigenvalue weighted by atomic mass is 10.0. The summed E-state index contributed by atoms with van der Waals surface area (Å²) < 4.78 is 6.30. The Kier molecular flexibility index (Phi) is 4.79. The van der Waals surface area contributed by atoms with Crippen molar-refractivity contribution in [1.82, 2.24) is 14.8 Å². The van der Waals surface area contributed by atoms with Gasteiger partial charge in [-0.3, -0.25) is 14.6 Å². The Bertz CT molecular complexity index is 1010. The molecule has 7 nitrogen and oxygen atoms in total. The Balaban J connectivity index is 1.91. The number of amides is 1. The molecule has 26 heavy (non-hydrogen) atoms. The zero-order valence-electron chi connectivity index (χ0n) is 14.5. The summed E-state index contributed by atoms with van der Waals surface area (Å²) in [5.41, 5.74) is 7.92. The molecule has 7 heteroatoms. The molecule has 2 N–H and O–H groups in total. The molecule has 2 heterocycles. The van der Waals surface area contributed by atoms with Crippen LogP contribution < -0.4 is 16.0 Å². The van der Waals surface area contributed by atoms with Crippen molar-refractivity contribution in [3.63, 3.8) is 0 Å². The third kappa shape index (κ3) is 3.61. The zero-order chi connectivity index (χ0) is 18.7. The Morgan fingerprint density at radius 1 is 1.19 bits per heavy atom. The van der Waals surface area contributed by atoms with Gasteiger partial charge in [-0.15, -0.1) is 0 Å². The molecular formula is C19H18N4O3. The van der Waals surface area contributed by atoms with E-state index >= 15 is 0 Å². The van der Waals surface area contributed by atoms with Crippen molar-refractivity contribution >= 4 is 5.91 Å². The number of aryl methyl sites for hydroxylation is 1. The van der Waals surface area contributed by atoms with Gasteiger partial charge in [-0.25, -0.2) is 4.68 Å². The smallest absolute Gasteiger partial charge is 0.269 e. The first-order valence-corrected chi connectivity index (χ1v) is 7.94. The van der Waals surface area contributed by atoms with Crippen molar-refractivity contribution in [3.8, 4) is 17.0 Å². The lowest BCUT2D eigenvalue weighted by Crippen LogP contribution is -2.25. The number of carbonyl (C=O) groups excluding carboxylic acids is 1. The molecule has 2 aromatic heterocycles. The van der Waals surface area contributed by atoms with Crippen LogP contribution in [0.4, 0.5) is 0 Å². The Morgan fingerprint density at radius 2 is 2.00 bits per heavy atom. The van der Waals surface area contributed by atoms with E-state index in [1.54, 1.807) is 19.4 Å². The third-order valence-corrected chi connectivity index (χ3v) is 3.97. The minimum Gasteiger partial charge on any atom is -0.497 e. The maximum absolute atomic E-state index is 11.9. The number of rotatable bonds is 5. The summed E-state index contributed by atoms with van der Waals surface area (Å²) >= 11 is 0. The molecule has 0 saturated heterocycles. The van der Waals surface area contributed by atoms with Crippen molar-refractivity contribution < 1.29 is 9.53 Å². The summed E-state index contributed by atoms with van der Waals surface area (Å²) in [5.74, 6) is 0.0854. The van der Waals surface area contributed by atoms with Gasteiger partial charge in [0.05, 0.1) is 12.8 Å². The van der Waals surface area contributed by atoms with E-state index in [4.69, 9.17) is 10.5 Å². The van der Waals surface area contributed by atoms with Crippen LogP contribution in [0, 0.1) is 0 Å². The van der Waals surface area contributed by atoms with E-state index in [1.165, 1.54) is 13.1 Å². The molecule has 0 bridgehead atoms. The number of nitrogens with zero attached hydrogens (tertiary/aromatic N) is 3. The van der Waals surface area contributed by atoms with Crippen LogP contribution >= 0.6 is 0 Å². The quantitative estimate of drug-likeness (QED) is 0.752. The van der Waals surface area contributed by atoms with Gasteiger partial charge in [-0.2, -0.15) is 5.10 Å². The summed E-state index contributed by atoms with van der Waals surface area (Å²) in [6.45, 7) is 0. The van der Waals surface area contributed by atoms with Gasteiger partial charge in [0.15, 0.2) is 5.69 Å². The average molecular weight is 350 g/mol. The van der Waals surface area contributed by atoms with Crippen LogP contribution in [0.1, 0.15) is 21.6 Å². The monoisotopic (exact) mass is 350 g/mol. The molecule has 0 aliphatic carbocycles. The lowest BCUT2D eigenvalue weighted by Gasteiger charge is -2.08. The third-order valence-electron chi connectivity index (χ3n) is 3.97. The highest BCUT2D eigenvalue weighted by Gasteiger charge is 2.15. The second-order valence-electron chi connectivity index (χ2n) is 5.81. The maximum atomic E-state index is 11.9. The highest BCUT2D eigenvalue weighted by atomic mass is 16.5. The van der Waals surface area contributed by atoms with E-state index in [2.05, 4.69) is 10.1 Å². The molecule has 1 aromatic carbocycles. The SMILES string of the molecule is COc1cccc(Cc2ccc(-c3cc(=O)n(C)nc3C(N)=O)nc2)c1. The number of hydrogen-bond acceptors (Lipinski definition) is 5. The van der Waals surface area contributed by atoms with Crippen LogP contribution in [0.2, 0.25) is 0 Å². The molecular weight excluding hydrogens is 332 g/mol. The van der Waals surface area contributed by atoms with Gasteiger partial charge in [0.2, 0.25) is 0 Å². The first-order valence-electron chi connectivity index (χ1n) is 7.94. The van der Waals surface area contributed by atoms with E-state index in [1.807, 2.05) is 30.3 Å². The molecule has 132 valence electrons. The molecule has 0 radical (unpaired) electrons. The second-order valence-corrected chi connectivity index (χ2v) is 5.81. The second kappa shape index (κ2) is 7.18. The summed E-state index contributed by atoms with van der Waals surface area (Å²) in [6, 6.07) is 12.7. The molecule has 0 saturated carbocycles. The van der Waals surface area contributed by atoms with E-state index in [9.17, 15) is 9.59 Å². The minimum absolute atomic E-state index is 0.0140. The van der Waals surface area contributed by atoms with Gasteiger partial charge in [0.25, 0.3) is 11.5 Å². The predicted octanol–water partition coefficient (Wildman–Crippen LogP) is 1.54. The number of methoxy groups -OCH3 is 1. The highest BCUT2D eigenvalue weighted by Crippen LogP contribution is 2.20. The molecule has 3 rings (SSSR count). The summed E-state index contributed by atoms with van der Waals surface area (Å²) in [6.07, 6.45) is 2.39. The predicted molar refractivity (Wildman–Crippen MR) is 97.0 cm³/mol. The zero-order valence-corrected chi connectivity index (χ0v) is 14.5. The fourth-order valence-electron chi connectivity index (χ4n) is 2.62. The van der Waals surface area contributed by atoms with Gasteiger partial charge >= 0.3 is 0 Å². The van der Waals surface area contributed by atoms with Crippen molar-refractivity contribution in [2.45, 2.75) is 6.42 Å². The Hall–Kier alpha value is -3.48. The summed E-state index contributed by atoms with van der Waals surface area (Å²) in [4.78, 5) is 27.9. The normalized spacial score (nSPS) is 10.5. The van der Waals surface area contributed by atoms with E-state index in [0.717, 1.165) is 21.6 Å². The number of hydrogen-bond donors (Lipinski definition) is 1. The van der Waals surface area contributed by atoms with Crippen LogP contribution in [0.25, 0.3) is 11.3 Å². The van der Waals surface area contributed by atoms with Crippen LogP contribution in [0.5, 0.6) is 5.75 Å². The Labute approximate surface area is 150 Å². The van der Waals surface area contributed by atoms with Crippen LogP contribution in [0.15, 0.2) is 53.5 Å². The van der Waals surface area contributed by atoms with Gasteiger partial charge in [-0.1, -0.05) is 18.2 Å². The van der Waals surface area contributed by atoms with E-state index < -0.39 is 5.91 Å². The molecule has 0 fully saturated rings. The van der Waals surface area contributed by atoms with Crippen molar-refractivity contribution in [1.29, 1.82) is 0 Å². The number of benzene rings is 1. The van der Waals surface area contributed by atoms with Crippen molar-refractivity contribution in [3.05, 3.63) is 75.8 Å². The summed E-state index contributed by atoms with van der Waals surface area (Å²) in [7, 11) is 3.09. The molecule has 3 aromatic rings. The molecule has 0 aliphatic rings. The number of pyridine rings is 1. The number of ether oxygens (including phenoxy) is 1. The van der Waals surface area contributed by atoms with Crippen LogP contribution in [-0.4, -0.2) is 27.8 Å². The lowest BCUT2D eigenvalue weighted by molar-refractivity contribution is 0.0994. The number of nitrogens with two attached hydrogens (primary N) is 1. The van der Waals surface area contributed by atoms with E-state index in [-0.39, 0.29) is 11.3 Å². The minimum atomic E-state index is -0.710. The molecule has 0 aliphatic heterocycles. The van der Waals surface area contributed by atoms with Crippen molar-refractivity contribution in [2.24, 2.45) is 12.8 Å².